The van der Waals surface area contributed by atoms with Crippen molar-refractivity contribution in [2.24, 2.45) is 10.2 Å². The molecule has 230 valence electrons. The van der Waals surface area contributed by atoms with E-state index in [4.69, 9.17) is 0 Å². The summed E-state index contributed by atoms with van der Waals surface area (Å²) in [5.41, 5.74) is 6.35. The number of nitrogens with zero attached hydrogens (tertiary/aromatic N) is 2. The molecular formula is C28H22F6N6O4. The molecule has 0 aliphatic carbocycles. The summed E-state index contributed by atoms with van der Waals surface area (Å²) in [5, 5.41) is 11.3. The maximum Gasteiger partial charge on any atom is 0.471 e. The lowest BCUT2D eigenvalue weighted by atomic mass is 10.1. The number of benzene rings is 3. The fraction of sp³-hybridized carbons (Fsp3) is 0.143. The highest BCUT2D eigenvalue weighted by Gasteiger charge is 2.39. The molecule has 44 heavy (non-hydrogen) atoms. The molecule has 10 nitrogen and oxygen atoms in total. The minimum Gasteiger partial charge on any atom is -0.318 e. The number of amides is 4. The zero-order chi connectivity index (χ0) is 32.7. The maximum atomic E-state index is 12.5. The van der Waals surface area contributed by atoms with Gasteiger partial charge in [-0.05, 0) is 73.5 Å². The summed E-state index contributed by atoms with van der Waals surface area (Å²) in [6.07, 6.45) is -10.1. The molecule has 0 heterocycles. The van der Waals surface area contributed by atoms with Crippen LogP contribution < -0.4 is 21.5 Å². The van der Waals surface area contributed by atoms with E-state index in [-0.39, 0.29) is 22.5 Å². The summed E-state index contributed by atoms with van der Waals surface area (Å²) in [6.45, 7) is 3.08. The topological polar surface area (TPSA) is 141 Å². The largest absolute Gasteiger partial charge is 0.471 e. The van der Waals surface area contributed by atoms with Crippen LogP contribution in [-0.4, -0.2) is 47.4 Å². The molecule has 0 saturated heterocycles. The van der Waals surface area contributed by atoms with Gasteiger partial charge < -0.3 is 10.6 Å². The van der Waals surface area contributed by atoms with Crippen molar-refractivity contribution in [2.75, 3.05) is 10.6 Å². The molecule has 0 atom stereocenters. The second-order valence-corrected chi connectivity index (χ2v) is 8.91. The van der Waals surface area contributed by atoms with E-state index in [1.165, 1.54) is 72.8 Å². The van der Waals surface area contributed by atoms with E-state index in [1.54, 1.807) is 24.5 Å². The number of rotatable bonds is 8. The van der Waals surface area contributed by atoms with E-state index in [1.807, 2.05) is 0 Å². The van der Waals surface area contributed by atoms with Crippen LogP contribution in [0.3, 0.4) is 0 Å². The first-order valence-corrected chi connectivity index (χ1v) is 12.3. The third-order valence-corrected chi connectivity index (χ3v) is 5.70. The standard InChI is InChI=1S/C28H22F6N6O4/c1-15(17-7-11-21(12-8-17)35-25(43)27(29,30)31)37-39-23(41)19-3-5-20(6-4-19)24(42)40-38-16(2)18-9-13-22(14-10-18)36-26(44)28(32,33)34/h3-14H,1-2H3,(H,35,43)(H,36,44)(H,39,41)(H,40,42)/b37-15+,38-16+. The van der Waals surface area contributed by atoms with Crippen molar-refractivity contribution in [2.45, 2.75) is 26.2 Å². The van der Waals surface area contributed by atoms with Gasteiger partial charge in [0.15, 0.2) is 0 Å². The lowest BCUT2D eigenvalue weighted by Gasteiger charge is -2.09. The third-order valence-electron chi connectivity index (χ3n) is 5.70. The Kier molecular flexibility index (Phi) is 10.2. The monoisotopic (exact) mass is 620 g/mol. The van der Waals surface area contributed by atoms with Gasteiger partial charge in [0.2, 0.25) is 0 Å². The van der Waals surface area contributed by atoms with Gasteiger partial charge in [0, 0.05) is 22.5 Å². The molecule has 0 radical (unpaired) electrons. The highest BCUT2D eigenvalue weighted by atomic mass is 19.4. The first-order valence-electron chi connectivity index (χ1n) is 12.3. The Morgan fingerprint density at radius 3 is 1.05 bits per heavy atom. The molecule has 0 saturated carbocycles. The van der Waals surface area contributed by atoms with Crippen molar-refractivity contribution in [3.05, 3.63) is 95.1 Å². The van der Waals surface area contributed by atoms with E-state index < -0.39 is 36.0 Å². The average Bonchev–Trinajstić information content (AvgIpc) is 2.98. The van der Waals surface area contributed by atoms with Crippen LogP contribution in [0.1, 0.15) is 45.7 Å². The molecule has 3 rings (SSSR count). The number of hydrazone groups is 2. The van der Waals surface area contributed by atoms with Gasteiger partial charge in [-0.25, -0.2) is 10.9 Å². The zero-order valence-corrected chi connectivity index (χ0v) is 22.7. The maximum absolute atomic E-state index is 12.5. The lowest BCUT2D eigenvalue weighted by Crippen LogP contribution is -2.29. The average molecular weight is 621 g/mol. The van der Waals surface area contributed by atoms with Crippen molar-refractivity contribution < 1.29 is 45.5 Å². The first kappa shape index (κ1) is 33.0. The van der Waals surface area contributed by atoms with E-state index in [0.29, 0.717) is 22.6 Å². The smallest absolute Gasteiger partial charge is 0.318 e. The fourth-order valence-corrected chi connectivity index (χ4v) is 3.29. The Morgan fingerprint density at radius 2 is 0.773 bits per heavy atom. The number of hydrogen-bond acceptors (Lipinski definition) is 6. The molecule has 3 aromatic carbocycles. The van der Waals surface area contributed by atoms with E-state index in [9.17, 15) is 45.5 Å². The molecule has 4 amide bonds. The van der Waals surface area contributed by atoms with E-state index >= 15 is 0 Å². The number of anilines is 2. The molecule has 3 aromatic rings. The summed E-state index contributed by atoms with van der Waals surface area (Å²) in [5.74, 6) is -5.45. The van der Waals surface area contributed by atoms with Crippen LogP contribution in [-0.2, 0) is 9.59 Å². The van der Waals surface area contributed by atoms with Gasteiger partial charge in [-0.3, -0.25) is 19.2 Å². The second-order valence-electron chi connectivity index (χ2n) is 8.91. The van der Waals surface area contributed by atoms with Crippen LogP contribution in [0.4, 0.5) is 37.7 Å². The molecule has 0 spiro atoms. The van der Waals surface area contributed by atoms with Crippen LogP contribution in [0.2, 0.25) is 0 Å². The highest BCUT2D eigenvalue weighted by molar-refractivity contribution is 6.03. The van der Waals surface area contributed by atoms with Gasteiger partial charge in [-0.15, -0.1) is 0 Å². The lowest BCUT2D eigenvalue weighted by molar-refractivity contribution is -0.167. The Bertz CT molecular complexity index is 1480. The number of carbonyl (C=O) groups excluding carboxylic acids is 4. The van der Waals surface area contributed by atoms with Gasteiger partial charge in [0.25, 0.3) is 11.8 Å². The van der Waals surface area contributed by atoms with Crippen molar-refractivity contribution in [1.29, 1.82) is 0 Å². The summed E-state index contributed by atoms with van der Waals surface area (Å²) < 4.78 is 74.3. The normalized spacial score (nSPS) is 12.3. The number of carbonyl (C=O) groups is 4. The number of alkyl halides is 6. The summed E-state index contributed by atoms with van der Waals surface area (Å²) in [7, 11) is 0. The van der Waals surface area contributed by atoms with Crippen LogP contribution in [0, 0.1) is 0 Å². The molecule has 0 aliphatic rings. The van der Waals surface area contributed by atoms with Crippen molar-refractivity contribution in [3.63, 3.8) is 0 Å². The molecule has 0 aliphatic heterocycles. The summed E-state index contributed by atoms with van der Waals surface area (Å²) in [4.78, 5) is 47.0. The molecule has 0 unspecified atom stereocenters. The molecular weight excluding hydrogens is 598 g/mol. The SMILES string of the molecule is C/C(=N\NC(=O)c1ccc(C(=O)N/N=C(\C)c2ccc(NC(=O)C(F)(F)F)cc2)cc1)c1ccc(NC(=O)C(F)(F)F)cc1. The van der Waals surface area contributed by atoms with E-state index in [0.717, 1.165) is 0 Å². The molecule has 4 N–H and O–H groups in total. The van der Waals surface area contributed by atoms with Crippen LogP contribution in [0.25, 0.3) is 0 Å². The van der Waals surface area contributed by atoms with E-state index in [2.05, 4.69) is 21.1 Å². The molecule has 0 bridgehead atoms. The van der Waals surface area contributed by atoms with Gasteiger partial charge in [-0.1, -0.05) is 24.3 Å². The fourth-order valence-electron chi connectivity index (χ4n) is 3.29. The number of hydrogen-bond donors (Lipinski definition) is 4. The molecule has 0 fully saturated rings. The number of halogens is 6. The Labute approximate surface area is 245 Å². The predicted octanol–water partition coefficient (Wildman–Crippen LogP) is 5.00. The van der Waals surface area contributed by atoms with Crippen LogP contribution in [0.15, 0.2) is 83.0 Å². The van der Waals surface area contributed by atoms with Crippen molar-refractivity contribution in [3.8, 4) is 0 Å². The zero-order valence-electron chi connectivity index (χ0n) is 22.7. The summed E-state index contributed by atoms with van der Waals surface area (Å²) in [6, 6.07) is 16.0. The quantitative estimate of drug-likeness (QED) is 0.160. The third kappa shape index (κ3) is 9.23. The minimum atomic E-state index is -5.03. The van der Waals surface area contributed by atoms with Gasteiger partial charge in [0.05, 0.1) is 11.4 Å². The molecule has 0 aromatic heterocycles. The summed E-state index contributed by atoms with van der Waals surface area (Å²) >= 11 is 0. The number of nitrogens with one attached hydrogen (secondary N) is 4. The van der Waals surface area contributed by atoms with Crippen LogP contribution in [0.5, 0.6) is 0 Å². The van der Waals surface area contributed by atoms with Crippen LogP contribution >= 0.6 is 0 Å². The predicted molar refractivity (Wildman–Crippen MR) is 148 cm³/mol. The van der Waals surface area contributed by atoms with Gasteiger partial charge in [-0.2, -0.15) is 36.5 Å². The first-order chi connectivity index (χ1) is 20.5. The minimum absolute atomic E-state index is 0.0776. The van der Waals surface area contributed by atoms with Gasteiger partial charge in [0.1, 0.15) is 0 Å². The van der Waals surface area contributed by atoms with Gasteiger partial charge >= 0.3 is 24.2 Å². The second kappa shape index (κ2) is 13.6. The Morgan fingerprint density at radius 1 is 0.500 bits per heavy atom. The molecule has 16 heteroatoms. The Hall–Kier alpha value is -5.54. The van der Waals surface area contributed by atoms with Crippen molar-refractivity contribution in [1.82, 2.24) is 10.9 Å². The Balaban J connectivity index is 1.54. The van der Waals surface area contributed by atoms with Crippen molar-refractivity contribution >= 4 is 46.4 Å². The highest BCUT2D eigenvalue weighted by Crippen LogP contribution is 2.20.